The Kier molecular flexibility index (Phi) is 7.16. The van der Waals surface area contributed by atoms with Gasteiger partial charge in [-0.2, -0.15) is 0 Å². The third kappa shape index (κ3) is 5.53. The molecule has 1 saturated heterocycles. The van der Waals surface area contributed by atoms with E-state index in [0.717, 1.165) is 16.8 Å². The van der Waals surface area contributed by atoms with Crippen molar-refractivity contribution in [2.45, 2.75) is 38.0 Å². The summed E-state index contributed by atoms with van der Waals surface area (Å²) in [7, 11) is 0. The smallest absolute Gasteiger partial charge is 0.303 e. The fraction of sp³-hybridized carbons (Fsp3) is 0.304. The van der Waals surface area contributed by atoms with Crippen molar-refractivity contribution >= 4 is 17.6 Å². The summed E-state index contributed by atoms with van der Waals surface area (Å²) in [6.45, 7) is 0.0336. The molecule has 2 aromatic carbocycles. The van der Waals surface area contributed by atoms with Gasteiger partial charge >= 0.3 is 5.97 Å². The Morgan fingerprint density at radius 1 is 1.10 bits per heavy atom. The van der Waals surface area contributed by atoms with Gasteiger partial charge in [-0.1, -0.05) is 54.6 Å². The van der Waals surface area contributed by atoms with Crippen LogP contribution in [0.5, 0.6) is 0 Å². The summed E-state index contributed by atoms with van der Waals surface area (Å²) in [6.07, 6.45) is 4.69. The first kappa shape index (κ1) is 20.8. The third-order valence-electron chi connectivity index (χ3n) is 4.82. The van der Waals surface area contributed by atoms with E-state index >= 15 is 0 Å². The second kappa shape index (κ2) is 10.0. The number of carboxylic acids is 1. The number of carbonyl (C=O) groups is 2. The van der Waals surface area contributed by atoms with Crippen molar-refractivity contribution in [3.05, 3.63) is 77.9 Å². The van der Waals surface area contributed by atoms with Crippen molar-refractivity contribution < 1.29 is 24.5 Å². The van der Waals surface area contributed by atoms with Crippen molar-refractivity contribution in [2.24, 2.45) is 0 Å². The average molecular weight is 395 g/mol. The van der Waals surface area contributed by atoms with E-state index in [1.165, 1.54) is 0 Å². The molecule has 0 bridgehead atoms. The number of amides is 1. The SMILES string of the molecule is O=C(O)CCCC=CCC1OCC(=O)N1c1ccc(C(O)c2ccccc2)cc1. The minimum atomic E-state index is -0.796. The van der Waals surface area contributed by atoms with Crippen LogP contribution < -0.4 is 4.90 Å². The number of aliphatic carboxylic acids is 1. The van der Waals surface area contributed by atoms with E-state index in [-0.39, 0.29) is 25.2 Å². The minimum absolute atomic E-state index is 0.0336. The molecule has 1 aliphatic heterocycles. The molecule has 1 amide bonds. The number of benzene rings is 2. The van der Waals surface area contributed by atoms with Gasteiger partial charge in [0.25, 0.3) is 5.91 Å². The van der Waals surface area contributed by atoms with Crippen LogP contribution >= 0.6 is 0 Å². The molecule has 2 unspecified atom stereocenters. The summed E-state index contributed by atoms with van der Waals surface area (Å²) in [6, 6.07) is 16.7. The molecule has 0 saturated carbocycles. The number of carboxylic acid groups (broad SMARTS) is 1. The first-order valence-corrected chi connectivity index (χ1v) is 9.69. The van der Waals surface area contributed by atoms with E-state index in [9.17, 15) is 14.7 Å². The number of ether oxygens (including phenoxy) is 1. The largest absolute Gasteiger partial charge is 0.481 e. The van der Waals surface area contributed by atoms with E-state index in [1.807, 2.05) is 66.7 Å². The first-order chi connectivity index (χ1) is 14.1. The molecular weight excluding hydrogens is 370 g/mol. The van der Waals surface area contributed by atoms with Crippen LogP contribution in [-0.4, -0.2) is 34.9 Å². The molecule has 6 nitrogen and oxygen atoms in total. The number of carbonyl (C=O) groups excluding carboxylic acids is 1. The van der Waals surface area contributed by atoms with Gasteiger partial charge in [0.2, 0.25) is 0 Å². The molecule has 2 N–H and O–H groups in total. The highest BCUT2D eigenvalue weighted by Gasteiger charge is 2.32. The van der Waals surface area contributed by atoms with Gasteiger partial charge < -0.3 is 14.9 Å². The van der Waals surface area contributed by atoms with Crippen molar-refractivity contribution in [1.82, 2.24) is 0 Å². The lowest BCUT2D eigenvalue weighted by atomic mass is 10.0. The van der Waals surface area contributed by atoms with Crippen LogP contribution in [0.4, 0.5) is 5.69 Å². The highest BCUT2D eigenvalue weighted by atomic mass is 16.5. The predicted octanol–water partition coefficient (Wildman–Crippen LogP) is 3.66. The average Bonchev–Trinajstić information content (AvgIpc) is 3.11. The summed E-state index contributed by atoms with van der Waals surface area (Å²) in [5.41, 5.74) is 2.29. The quantitative estimate of drug-likeness (QED) is 0.500. The number of hydrogen-bond donors (Lipinski definition) is 2. The van der Waals surface area contributed by atoms with Gasteiger partial charge in [0.1, 0.15) is 18.9 Å². The number of unbranched alkanes of at least 4 members (excludes halogenated alkanes) is 1. The van der Waals surface area contributed by atoms with Gasteiger partial charge in [0.05, 0.1) is 0 Å². The zero-order valence-corrected chi connectivity index (χ0v) is 16.1. The summed E-state index contributed by atoms with van der Waals surface area (Å²) >= 11 is 0. The fourth-order valence-electron chi connectivity index (χ4n) is 3.30. The molecule has 3 rings (SSSR count). The van der Waals surface area contributed by atoms with Crippen LogP contribution in [0.3, 0.4) is 0 Å². The van der Waals surface area contributed by atoms with E-state index in [2.05, 4.69) is 0 Å². The molecule has 1 aliphatic rings. The van der Waals surface area contributed by atoms with Gasteiger partial charge in [-0.15, -0.1) is 0 Å². The number of nitrogens with zero attached hydrogens (tertiary/aromatic N) is 1. The van der Waals surface area contributed by atoms with Crippen LogP contribution in [0, 0.1) is 0 Å². The van der Waals surface area contributed by atoms with Crippen molar-refractivity contribution in [3.63, 3.8) is 0 Å². The highest BCUT2D eigenvalue weighted by Crippen LogP contribution is 2.28. The van der Waals surface area contributed by atoms with Crippen molar-refractivity contribution in [2.75, 3.05) is 11.5 Å². The number of anilines is 1. The Morgan fingerprint density at radius 3 is 2.48 bits per heavy atom. The molecule has 152 valence electrons. The summed E-state index contributed by atoms with van der Waals surface area (Å²) in [5, 5.41) is 19.2. The Bertz CT molecular complexity index is 847. The molecule has 2 atom stereocenters. The van der Waals surface area contributed by atoms with Gasteiger partial charge in [0.15, 0.2) is 0 Å². The van der Waals surface area contributed by atoms with Crippen LogP contribution in [0.25, 0.3) is 0 Å². The van der Waals surface area contributed by atoms with E-state index < -0.39 is 12.1 Å². The number of rotatable bonds is 9. The fourth-order valence-corrected chi connectivity index (χ4v) is 3.30. The summed E-state index contributed by atoms with van der Waals surface area (Å²) in [4.78, 5) is 24.4. The van der Waals surface area contributed by atoms with Crippen LogP contribution in [0.15, 0.2) is 66.7 Å². The normalized spacial score (nSPS) is 17.8. The molecule has 0 aliphatic carbocycles. The van der Waals surface area contributed by atoms with Gasteiger partial charge in [0, 0.05) is 18.5 Å². The van der Waals surface area contributed by atoms with Gasteiger partial charge in [-0.3, -0.25) is 14.5 Å². The summed E-state index contributed by atoms with van der Waals surface area (Å²) < 4.78 is 5.61. The van der Waals surface area contributed by atoms with Crippen LogP contribution in [-0.2, 0) is 14.3 Å². The lowest BCUT2D eigenvalue weighted by Crippen LogP contribution is -2.33. The lowest BCUT2D eigenvalue weighted by molar-refractivity contribution is -0.137. The Morgan fingerprint density at radius 2 is 1.79 bits per heavy atom. The third-order valence-corrected chi connectivity index (χ3v) is 4.82. The topological polar surface area (TPSA) is 87.1 Å². The standard InChI is InChI=1S/C23H25NO5/c25-20-16-29-21(10-6-1-2-7-11-22(26)27)24(20)19-14-12-18(13-15-19)23(28)17-8-4-3-5-9-17/h1,3-6,8-9,12-15,21,23,28H,2,7,10-11,16H2,(H,26,27). The zero-order chi connectivity index (χ0) is 20.6. The lowest BCUT2D eigenvalue weighted by Gasteiger charge is -2.23. The molecule has 1 heterocycles. The van der Waals surface area contributed by atoms with Crippen LogP contribution in [0.2, 0.25) is 0 Å². The highest BCUT2D eigenvalue weighted by molar-refractivity contribution is 5.96. The van der Waals surface area contributed by atoms with E-state index in [4.69, 9.17) is 9.84 Å². The number of aliphatic hydroxyl groups excluding tert-OH is 1. The minimum Gasteiger partial charge on any atom is -0.481 e. The molecular formula is C23H25NO5. The molecule has 2 aromatic rings. The molecule has 29 heavy (non-hydrogen) atoms. The number of hydrogen-bond acceptors (Lipinski definition) is 4. The molecule has 6 heteroatoms. The van der Waals surface area contributed by atoms with Crippen molar-refractivity contribution in [3.8, 4) is 0 Å². The Labute approximate surface area is 170 Å². The molecule has 1 fully saturated rings. The second-order valence-electron chi connectivity index (χ2n) is 6.93. The van der Waals surface area contributed by atoms with E-state index in [1.54, 1.807) is 4.90 Å². The predicted molar refractivity (Wildman–Crippen MR) is 109 cm³/mol. The Hall–Kier alpha value is -2.96. The molecule has 0 aromatic heterocycles. The maximum atomic E-state index is 12.3. The maximum absolute atomic E-state index is 12.3. The molecule has 0 radical (unpaired) electrons. The van der Waals surface area contributed by atoms with Crippen molar-refractivity contribution in [1.29, 1.82) is 0 Å². The number of allylic oxidation sites excluding steroid dienone is 1. The summed E-state index contributed by atoms with van der Waals surface area (Å²) in [5.74, 6) is -0.902. The van der Waals surface area contributed by atoms with Crippen LogP contribution in [0.1, 0.15) is 42.9 Å². The maximum Gasteiger partial charge on any atom is 0.303 e. The zero-order valence-electron chi connectivity index (χ0n) is 16.1. The Balaban J connectivity index is 1.62. The second-order valence-corrected chi connectivity index (χ2v) is 6.93. The molecule has 0 spiro atoms. The van der Waals surface area contributed by atoms with Gasteiger partial charge in [-0.05, 0) is 36.1 Å². The van der Waals surface area contributed by atoms with E-state index in [0.29, 0.717) is 19.3 Å². The first-order valence-electron chi connectivity index (χ1n) is 9.69. The number of aliphatic hydroxyl groups is 1. The monoisotopic (exact) mass is 395 g/mol. The van der Waals surface area contributed by atoms with Gasteiger partial charge in [-0.25, -0.2) is 0 Å².